The highest BCUT2D eigenvalue weighted by Gasteiger charge is 2.37. The predicted octanol–water partition coefficient (Wildman–Crippen LogP) is 0.656. The Bertz CT molecular complexity index is 270. The van der Waals surface area contributed by atoms with Crippen molar-refractivity contribution in [1.29, 1.82) is 0 Å². The van der Waals surface area contributed by atoms with Crippen LogP contribution in [0.3, 0.4) is 0 Å². The summed E-state index contributed by atoms with van der Waals surface area (Å²) in [6.45, 7) is 6.47. The van der Waals surface area contributed by atoms with Crippen LogP contribution in [0.2, 0.25) is 0 Å². The first-order valence-corrected chi connectivity index (χ1v) is 4.95. The third kappa shape index (κ3) is 2.27. The van der Waals surface area contributed by atoms with Crippen molar-refractivity contribution in [2.75, 3.05) is 6.54 Å². The smallest absolute Gasteiger partial charge is 0.241 e. The molecule has 0 aromatic carbocycles. The molecule has 0 bridgehead atoms. The van der Waals surface area contributed by atoms with E-state index in [0.29, 0.717) is 0 Å². The summed E-state index contributed by atoms with van der Waals surface area (Å²) in [6, 6.07) is 0. The fraction of sp³-hybridized carbons (Fsp3) is 0.727. The zero-order chi connectivity index (χ0) is 10.8. The Kier molecular flexibility index (Phi) is 2.86. The topological polar surface area (TPSA) is 41.1 Å². The molecule has 3 nitrogen and oxygen atoms in total. The first kappa shape index (κ1) is 11.1. The van der Waals surface area contributed by atoms with Gasteiger partial charge >= 0.3 is 0 Å². The Hall–Kier alpha value is -1.01. The fourth-order valence-electron chi connectivity index (χ4n) is 1.55. The fourth-order valence-corrected chi connectivity index (χ4v) is 1.55. The lowest BCUT2D eigenvalue weighted by Gasteiger charge is -2.28. The zero-order valence-corrected chi connectivity index (χ0v) is 9.11. The Morgan fingerprint density at radius 1 is 1.64 bits per heavy atom. The van der Waals surface area contributed by atoms with Gasteiger partial charge in [-0.1, -0.05) is 5.92 Å². The van der Waals surface area contributed by atoms with Crippen molar-refractivity contribution in [3.63, 3.8) is 0 Å². The average Bonchev–Trinajstić information content (AvgIpc) is 2.53. The maximum atomic E-state index is 11.9. The Balaban J connectivity index is 2.63. The monoisotopic (exact) mass is 194 g/mol. The van der Waals surface area contributed by atoms with Gasteiger partial charge in [-0.2, -0.15) is 0 Å². The molecule has 1 unspecified atom stereocenters. The Labute approximate surface area is 85.6 Å². The molecule has 78 valence electrons. The highest BCUT2D eigenvalue weighted by atomic mass is 16.2. The van der Waals surface area contributed by atoms with Gasteiger partial charge in [0.05, 0.1) is 11.1 Å². The molecule has 2 N–H and O–H groups in total. The number of carbonyl (C=O) groups is 1. The number of hydrogen-bond acceptors (Lipinski definition) is 2. The normalized spacial score (nSPS) is 27.0. The minimum atomic E-state index is -0.565. The summed E-state index contributed by atoms with van der Waals surface area (Å²) in [6.07, 6.45) is 7.23. The third-order valence-electron chi connectivity index (χ3n) is 2.66. The summed E-state index contributed by atoms with van der Waals surface area (Å²) in [4.78, 5) is 11.9. The van der Waals surface area contributed by atoms with E-state index in [1.165, 1.54) is 0 Å². The van der Waals surface area contributed by atoms with Gasteiger partial charge < -0.3 is 10.6 Å². The van der Waals surface area contributed by atoms with E-state index >= 15 is 0 Å². The van der Waals surface area contributed by atoms with Crippen molar-refractivity contribution >= 4 is 5.91 Å². The molecule has 1 aliphatic rings. The van der Waals surface area contributed by atoms with Gasteiger partial charge in [0.25, 0.3) is 0 Å². The highest BCUT2D eigenvalue weighted by molar-refractivity contribution is 5.87. The summed E-state index contributed by atoms with van der Waals surface area (Å²) in [5, 5.41) is 6.05. The molecule has 0 radical (unpaired) electrons. The molecule has 1 aliphatic heterocycles. The first-order chi connectivity index (χ1) is 6.40. The second-order valence-corrected chi connectivity index (χ2v) is 4.59. The van der Waals surface area contributed by atoms with Gasteiger partial charge in [-0.25, -0.2) is 0 Å². The predicted molar refractivity (Wildman–Crippen MR) is 56.7 cm³/mol. The lowest BCUT2D eigenvalue weighted by molar-refractivity contribution is -0.127. The van der Waals surface area contributed by atoms with E-state index in [1.807, 2.05) is 20.8 Å². The van der Waals surface area contributed by atoms with Crippen LogP contribution in [0, 0.1) is 12.3 Å². The van der Waals surface area contributed by atoms with Crippen LogP contribution in [0.25, 0.3) is 0 Å². The molecule has 0 aromatic heterocycles. The van der Waals surface area contributed by atoms with Crippen molar-refractivity contribution in [2.24, 2.45) is 0 Å². The van der Waals surface area contributed by atoms with Crippen LogP contribution in [0.15, 0.2) is 0 Å². The van der Waals surface area contributed by atoms with Crippen molar-refractivity contribution < 1.29 is 4.79 Å². The summed E-state index contributed by atoms with van der Waals surface area (Å²) in [7, 11) is 0. The van der Waals surface area contributed by atoms with E-state index in [-0.39, 0.29) is 5.91 Å². The lowest BCUT2D eigenvalue weighted by atomic mass is 9.97. The number of rotatable bonds is 2. The molecule has 0 aromatic rings. The van der Waals surface area contributed by atoms with Crippen LogP contribution < -0.4 is 10.6 Å². The van der Waals surface area contributed by atoms with Crippen molar-refractivity contribution in [1.82, 2.24) is 10.6 Å². The van der Waals surface area contributed by atoms with Gasteiger partial charge in [0, 0.05) is 0 Å². The van der Waals surface area contributed by atoms with Crippen LogP contribution in [0.4, 0.5) is 0 Å². The summed E-state index contributed by atoms with van der Waals surface area (Å²) < 4.78 is 0. The van der Waals surface area contributed by atoms with Crippen molar-refractivity contribution in [3.05, 3.63) is 0 Å². The van der Waals surface area contributed by atoms with Crippen LogP contribution >= 0.6 is 0 Å². The molecular weight excluding hydrogens is 176 g/mol. The second-order valence-electron chi connectivity index (χ2n) is 4.59. The molecule has 1 heterocycles. The molecule has 1 amide bonds. The van der Waals surface area contributed by atoms with Crippen LogP contribution in [0.5, 0.6) is 0 Å². The van der Waals surface area contributed by atoms with Crippen LogP contribution in [0.1, 0.15) is 33.6 Å². The van der Waals surface area contributed by atoms with Gasteiger partial charge in [0.15, 0.2) is 0 Å². The second kappa shape index (κ2) is 3.62. The lowest BCUT2D eigenvalue weighted by Crippen LogP contribution is -2.56. The van der Waals surface area contributed by atoms with E-state index in [9.17, 15) is 4.79 Å². The minimum Gasteiger partial charge on any atom is -0.339 e. The largest absolute Gasteiger partial charge is 0.339 e. The molecule has 1 rings (SSSR count). The van der Waals surface area contributed by atoms with Crippen molar-refractivity contribution in [2.45, 2.75) is 44.7 Å². The molecule has 3 heteroatoms. The molecular formula is C11H18N2O. The SMILES string of the molecule is C#CC(C)(C)NC(=O)C1(C)CCCN1. The number of amides is 1. The third-order valence-corrected chi connectivity index (χ3v) is 2.66. The average molecular weight is 194 g/mol. The van der Waals surface area contributed by atoms with E-state index < -0.39 is 11.1 Å². The van der Waals surface area contributed by atoms with E-state index in [1.54, 1.807) is 0 Å². The quantitative estimate of drug-likeness (QED) is 0.634. The Morgan fingerprint density at radius 3 is 2.71 bits per heavy atom. The van der Waals surface area contributed by atoms with Crippen LogP contribution in [-0.4, -0.2) is 23.5 Å². The highest BCUT2D eigenvalue weighted by Crippen LogP contribution is 2.19. The molecule has 1 atom stereocenters. The molecule has 1 fully saturated rings. The molecule has 0 saturated carbocycles. The summed E-state index contributed by atoms with van der Waals surface area (Å²) in [5.41, 5.74) is -1.00. The Morgan fingerprint density at radius 2 is 2.29 bits per heavy atom. The van der Waals surface area contributed by atoms with Gasteiger partial charge in [-0.3, -0.25) is 4.79 Å². The van der Waals surface area contributed by atoms with Crippen molar-refractivity contribution in [3.8, 4) is 12.3 Å². The zero-order valence-electron chi connectivity index (χ0n) is 9.11. The van der Waals surface area contributed by atoms with Crippen LogP contribution in [-0.2, 0) is 4.79 Å². The summed E-state index contributed by atoms with van der Waals surface area (Å²) in [5.74, 6) is 2.55. The van der Waals surface area contributed by atoms with E-state index in [4.69, 9.17) is 6.42 Å². The maximum Gasteiger partial charge on any atom is 0.241 e. The van der Waals surface area contributed by atoms with E-state index in [2.05, 4.69) is 16.6 Å². The molecule has 1 saturated heterocycles. The van der Waals surface area contributed by atoms with Gasteiger partial charge in [0.2, 0.25) is 5.91 Å². The number of nitrogens with one attached hydrogen (secondary N) is 2. The number of hydrogen-bond donors (Lipinski definition) is 2. The standard InChI is InChI=1S/C11H18N2O/c1-5-10(2,3)13-9(14)11(4)7-6-8-12-11/h1,12H,6-8H2,2-4H3,(H,13,14). The van der Waals surface area contributed by atoms with Gasteiger partial charge in [0.1, 0.15) is 0 Å². The summed E-state index contributed by atoms with van der Waals surface area (Å²) >= 11 is 0. The number of terminal acetylenes is 1. The first-order valence-electron chi connectivity index (χ1n) is 4.95. The molecule has 14 heavy (non-hydrogen) atoms. The van der Waals surface area contributed by atoms with Gasteiger partial charge in [-0.05, 0) is 40.2 Å². The number of carbonyl (C=O) groups excluding carboxylic acids is 1. The maximum absolute atomic E-state index is 11.9. The van der Waals surface area contributed by atoms with E-state index in [0.717, 1.165) is 19.4 Å². The molecule has 0 aliphatic carbocycles. The minimum absolute atomic E-state index is 0.00190. The molecule has 0 spiro atoms. The van der Waals surface area contributed by atoms with Gasteiger partial charge in [-0.15, -0.1) is 6.42 Å².